The number of nitrogens with zero attached hydrogens (tertiary/aromatic N) is 2. The molecular formula is C12H18N2O3. The third-order valence-corrected chi connectivity index (χ3v) is 3.42. The molecule has 1 aromatic heterocycles. The summed E-state index contributed by atoms with van der Waals surface area (Å²) >= 11 is 0. The van der Waals surface area contributed by atoms with Gasteiger partial charge in [0.25, 0.3) is 0 Å². The highest BCUT2D eigenvalue weighted by molar-refractivity contribution is 5.66. The van der Waals surface area contributed by atoms with Crippen LogP contribution in [0.5, 0.6) is 0 Å². The van der Waals surface area contributed by atoms with Gasteiger partial charge in [-0.15, -0.1) is 0 Å². The van der Waals surface area contributed by atoms with Gasteiger partial charge in [-0.05, 0) is 33.4 Å². The summed E-state index contributed by atoms with van der Waals surface area (Å²) in [6, 6.07) is 1.92. The van der Waals surface area contributed by atoms with Crippen molar-refractivity contribution >= 4 is 5.97 Å². The minimum atomic E-state index is -0.340. The normalized spacial score (nSPS) is 25.1. The van der Waals surface area contributed by atoms with E-state index in [-0.39, 0.29) is 11.5 Å². The van der Waals surface area contributed by atoms with Gasteiger partial charge >= 0.3 is 5.97 Å². The number of hydrogen-bond acceptors (Lipinski definition) is 5. The Morgan fingerprint density at radius 2 is 2.47 bits per heavy atom. The SMILES string of the molecule is CC(=O)OC[C@]1(c2cc(C)no2)CCCN1C. The van der Waals surface area contributed by atoms with Gasteiger partial charge in [0.2, 0.25) is 0 Å². The van der Waals surface area contributed by atoms with Crippen LogP contribution in [0.1, 0.15) is 31.2 Å². The second-order valence-corrected chi connectivity index (χ2v) is 4.67. The lowest BCUT2D eigenvalue weighted by molar-refractivity contribution is -0.145. The number of rotatable bonds is 3. The highest BCUT2D eigenvalue weighted by Crippen LogP contribution is 2.38. The van der Waals surface area contributed by atoms with Gasteiger partial charge in [0, 0.05) is 13.0 Å². The van der Waals surface area contributed by atoms with E-state index in [4.69, 9.17) is 9.26 Å². The molecule has 1 saturated heterocycles. The largest absolute Gasteiger partial charge is 0.463 e. The molecule has 5 nitrogen and oxygen atoms in total. The van der Waals surface area contributed by atoms with Crippen LogP contribution in [-0.2, 0) is 15.1 Å². The maximum absolute atomic E-state index is 11.0. The third kappa shape index (κ3) is 2.20. The van der Waals surface area contributed by atoms with Crippen LogP contribution in [0.3, 0.4) is 0 Å². The molecule has 17 heavy (non-hydrogen) atoms. The summed E-state index contributed by atoms with van der Waals surface area (Å²) in [6.07, 6.45) is 1.99. The number of aromatic nitrogens is 1. The first-order valence-corrected chi connectivity index (χ1v) is 5.83. The molecule has 94 valence electrons. The van der Waals surface area contributed by atoms with Crippen molar-refractivity contribution < 1.29 is 14.1 Å². The first-order valence-electron chi connectivity index (χ1n) is 5.83. The number of carbonyl (C=O) groups excluding carboxylic acids is 1. The van der Waals surface area contributed by atoms with Crippen LogP contribution in [0.2, 0.25) is 0 Å². The first kappa shape index (κ1) is 12.1. The topological polar surface area (TPSA) is 55.6 Å². The second kappa shape index (κ2) is 4.49. The Balaban J connectivity index is 2.27. The van der Waals surface area contributed by atoms with Gasteiger partial charge in [-0.25, -0.2) is 0 Å². The summed E-state index contributed by atoms with van der Waals surface area (Å²) < 4.78 is 10.6. The Bertz CT molecular complexity index is 416. The second-order valence-electron chi connectivity index (χ2n) is 4.67. The van der Waals surface area contributed by atoms with Crippen LogP contribution in [-0.4, -0.2) is 36.2 Å². The van der Waals surface area contributed by atoms with E-state index in [2.05, 4.69) is 10.1 Å². The van der Waals surface area contributed by atoms with Crippen LogP contribution in [0.4, 0.5) is 0 Å². The summed E-state index contributed by atoms with van der Waals surface area (Å²) in [5, 5.41) is 3.93. The molecule has 0 unspecified atom stereocenters. The quantitative estimate of drug-likeness (QED) is 0.746. The van der Waals surface area contributed by atoms with Crippen molar-refractivity contribution in [2.45, 2.75) is 32.2 Å². The summed E-state index contributed by atoms with van der Waals surface area (Å²) in [5.41, 5.74) is 0.509. The van der Waals surface area contributed by atoms with E-state index in [9.17, 15) is 4.79 Å². The Kier molecular flexibility index (Phi) is 3.19. The maximum atomic E-state index is 11.0. The third-order valence-electron chi connectivity index (χ3n) is 3.42. The van der Waals surface area contributed by atoms with Crippen LogP contribution >= 0.6 is 0 Å². The lowest BCUT2D eigenvalue weighted by Crippen LogP contribution is -2.42. The van der Waals surface area contributed by atoms with E-state index < -0.39 is 0 Å². The van der Waals surface area contributed by atoms with Gasteiger partial charge in [-0.2, -0.15) is 0 Å². The van der Waals surface area contributed by atoms with Crippen LogP contribution in [0, 0.1) is 6.92 Å². The number of carbonyl (C=O) groups is 1. The van der Waals surface area contributed by atoms with E-state index in [1.807, 2.05) is 20.0 Å². The van der Waals surface area contributed by atoms with Gasteiger partial charge < -0.3 is 9.26 Å². The molecule has 2 heterocycles. The van der Waals surface area contributed by atoms with E-state index in [1.54, 1.807) is 0 Å². The molecule has 1 aromatic rings. The molecule has 1 atom stereocenters. The molecular weight excluding hydrogens is 220 g/mol. The minimum Gasteiger partial charge on any atom is -0.463 e. The Labute approximate surface area is 101 Å². The maximum Gasteiger partial charge on any atom is 0.302 e. The molecule has 2 rings (SSSR count). The Morgan fingerprint density at radius 3 is 2.94 bits per heavy atom. The first-order chi connectivity index (χ1) is 8.04. The number of likely N-dealkylation sites (N-methyl/N-ethyl adjacent to an activating group) is 1. The van der Waals surface area contributed by atoms with Crippen molar-refractivity contribution in [1.82, 2.24) is 10.1 Å². The van der Waals surface area contributed by atoms with Crippen molar-refractivity contribution in [1.29, 1.82) is 0 Å². The summed E-state index contributed by atoms with van der Waals surface area (Å²) in [5.74, 6) is 0.525. The van der Waals surface area contributed by atoms with Gasteiger partial charge in [0.15, 0.2) is 5.76 Å². The fourth-order valence-corrected chi connectivity index (χ4v) is 2.38. The van der Waals surface area contributed by atoms with E-state index in [0.717, 1.165) is 30.8 Å². The van der Waals surface area contributed by atoms with Crippen molar-refractivity contribution in [3.8, 4) is 0 Å². The van der Waals surface area contributed by atoms with Gasteiger partial charge in [-0.1, -0.05) is 5.16 Å². The zero-order valence-corrected chi connectivity index (χ0v) is 10.5. The molecule has 0 aromatic carbocycles. The zero-order valence-electron chi connectivity index (χ0n) is 10.5. The van der Waals surface area contributed by atoms with Crippen LogP contribution in [0.25, 0.3) is 0 Å². The molecule has 1 aliphatic heterocycles. The minimum absolute atomic E-state index is 0.263. The number of ether oxygens (including phenoxy) is 1. The Hall–Kier alpha value is -1.36. The molecule has 0 spiro atoms. The smallest absolute Gasteiger partial charge is 0.302 e. The van der Waals surface area contributed by atoms with Gasteiger partial charge in [0.05, 0.1) is 5.69 Å². The van der Waals surface area contributed by atoms with Crippen molar-refractivity contribution in [2.24, 2.45) is 0 Å². The number of likely N-dealkylation sites (tertiary alicyclic amines) is 1. The molecule has 0 bridgehead atoms. The molecule has 0 radical (unpaired) electrons. The highest BCUT2D eigenvalue weighted by Gasteiger charge is 2.44. The van der Waals surface area contributed by atoms with E-state index in [1.165, 1.54) is 6.92 Å². The number of aryl methyl sites for hydroxylation is 1. The predicted octanol–water partition coefficient (Wildman–Crippen LogP) is 1.47. The molecule has 1 fully saturated rings. The molecule has 0 N–H and O–H groups in total. The summed E-state index contributed by atoms with van der Waals surface area (Å²) in [4.78, 5) is 13.2. The molecule has 0 amide bonds. The monoisotopic (exact) mass is 238 g/mol. The van der Waals surface area contributed by atoms with Crippen molar-refractivity contribution in [3.05, 3.63) is 17.5 Å². The van der Waals surface area contributed by atoms with Crippen molar-refractivity contribution in [2.75, 3.05) is 20.2 Å². The van der Waals surface area contributed by atoms with Gasteiger partial charge in [0.1, 0.15) is 12.1 Å². The molecule has 0 aliphatic carbocycles. The van der Waals surface area contributed by atoms with Crippen LogP contribution in [0.15, 0.2) is 10.6 Å². The van der Waals surface area contributed by atoms with E-state index >= 15 is 0 Å². The molecule has 1 aliphatic rings. The predicted molar refractivity (Wildman–Crippen MR) is 61.4 cm³/mol. The Morgan fingerprint density at radius 1 is 1.71 bits per heavy atom. The fourth-order valence-electron chi connectivity index (χ4n) is 2.38. The van der Waals surface area contributed by atoms with Crippen molar-refractivity contribution in [3.63, 3.8) is 0 Å². The molecule has 0 saturated carbocycles. The summed E-state index contributed by atoms with van der Waals surface area (Å²) in [6.45, 7) is 4.62. The van der Waals surface area contributed by atoms with Gasteiger partial charge in [-0.3, -0.25) is 9.69 Å². The fraction of sp³-hybridized carbons (Fsp3) is 0.667. The molecule has 5 heteroatoms. The average molecular weight is 238 g/mol. The standard InChI is InChI=1S/C12H18N2O3/c1-9-7-11(17-13-9)12(8-16-10(2)15)5-4-6-14(12)3/h7H,4-6,8H2,1-3H3/t12-/m0/s1. The van der Waals surface area contributed by atoms with Crippen LogP contribution < -0.4 is 0 Å². The number of hydrogen-bond donors (Lipinski definition) is 0. The van der Waals surface area contributed by atoms with E-state index in [0.29, 0.717) is 6.61 Å². The average Bonchev–Trinajstić information content (AvgIpc) is 2.83. The number of esters is 1. The lowest BCUT2D eigenvalue weighted by Gasteiger charge is -2.32. The highest BCUT2D eigenvalue weighted by atomic mass is 16.5. The lowest BCUT2D eigenvalue weighted by atomic mass is 9.94. The zero-order chi connectivity index (χ0) is 12.5. The summed E-state index contributed by atoms with van der Waals surface area (Å²) in [7, 11) is 2.02.